The van der Waals surface area contributed by atoms with Crippen LogP contribution in [0.1, 0.15) is 99.9 Å². The summed E-state index contributed by atoms with van der Waals surface area (Å²) in [6.07, 6.45) is 0. The second kappa shape index (κ2) is 17.2. The second-order valence-electron chi connectivity index (χ2n) is 18.8. The van der Waals surface area contributed by atoms with E-state index < -0.39 is 20.5 Å². The van der Waals surface area contributed by atoms with Crippen LogP contribution in [0.5, 0.6) is 11.5 Å². The number of rotatable bonds is 12. The summed E-state index contributed by atoms with van der Waals surface area (Å²) in [5, 5.41) is 0. The Morgan fingerprint density at radius 2 is 0.787 bits per heavy atom. The summed E-state index contributed by atoms with van der Waals surface area (Å²) in [5.41, 5.74) is 7.77. The van der Waals surface area contributed by atoms with Crippen molar-refractivity contribution < 1.29 is 27.8 Å². The predicted octanol–water partition coefficient (Wildman–Crippen LogP) is 13.0. The Kier molecular flexibility index (Phi) is 12.1. The third-order valence-electron chi connectivity index (χ3n) is 13.1. The van der Waals surface area contributed by atoms with Crippen LogP contribution in [0.4, 0.5) is 0 Å². The van der Waals surface area contributed by atoms with E-state index in [0.29, 0.717) is 26.4 Å². The molecule has 0 N–H and O–H groups in total. The maximum atomic E-state index is 6.66. The minimum absolute atomic E-state index is 0.220. The Balaban J connectivity index is 0.971. The first-order chi connectivity index (χ1) is 29.2. The summed E-state index contributed by atoms with van der Waals surface area (Å²) in [5.74, 6) is 1.48. The van der Waals surface area contributed by atoms with Crippen molar-refractivity contribution in [3.63, 3.8) is 0 Å². The minimum Gasteiger partial charge on any atom is -0.441 e. The van der Waals surface area contributed by atoms with Crippen LogP contribution >= 0.6 is 8.60 Å². The predicted molar refractivity (Wildman–Crippen MR) is 245 cm³/mol. The van der Waals surface area contributed by atoms with E-state index in [1.807, 2.05) is 0 Å². The molecule has 0 atom stereocenters. The highest BCUT2D eigenvalue weighted by Crippen LogP contribution is 2.52. The molecule has 6 aromatic rings. The molecule has 2 fully saturated rings. The minimum atomic E-state index is -1.68. The molecule has 1 spiro atoms. The largest absolute Gasteiger partial charge is 0.441 e. The fourth-order valence-corrected chi connectivity index (χ4v) is 9.83. The van der Waals surface area contributed by atoms with Gasteiger partial charge in [-0.15, -0.1) is 0 Å². The molecule has 0 bridgehead atoms. The lowest BCUT2D eigenvalue weighted by Crippen LogP contribution is -2.50. The molecule has 0 radical (unpaired) electrons. The number of hydrogen-bond acceptors (Lipinski definition) is 6. The van der Waals surface area contributed by atoms with Gasteiger partial charge in [-0.3, -0.25) is 0 Å². The third kappa shape index (κ3) is 8.80. The van der Waals surface area contributed by atoms with Gasteiger partial charge in [0.1, 0.15) is 11.5 Å². The lowest BCUT2D eigenvalue weighted by molar-refractivity contribution is -0.315. The lowest BCUT2D eigenvalue weighted by Gasteiger charge is -2.42. The van der Waals surface area contributed by atoms with Crippen molar-refractivity contribution in [2.24, 2.45) is 5.41 Å². The van der Waals surface area contributed by atoms with Gasteiger partial charge in [-0.2, -0.15) is 0 Å². The number of hydrogen-bond donors (Lipinski definition) is 0. The van der Waals surface area contributed by atoms with Crippen LogP contribution in [-0.2, 0) is 40.2 Å². The van der Waals surface area contributed by atoms with E-state index in [-0.39, 0.29) is 21.7 Å². The smallest absolute Gasteiger partial charge is 0.397 e. The van der Waals surface area contributed by atoms with Crippen molar-refractivity contribution in [1.82, 2.24) is 0 Å². The van der Waals surface area contributed by atoms with E-state index in [1.165, 1.54) is 33.4 Å². The standard InChI is InChI=1S/C54H59O6P/c1-50(2,39-21-13-9-14-22-39)43-29-31-47(45(33-43)52(5,6)41-25-17-11-18-26-41)59-49-55-35-54(36-56-49)37-57-61(58-38-54)60-48-32-30-44(51(3,4)40-23-15-10-16-24-40)34-46(48)53(7,8)42-27-19-12-20-28-42/h9-34,49H,35-38H2,1-8H3. The van der Waals surface area contributed by atoms with Crippen LogP contribution in [-0.4, -0.2) is 32.9 Å². The Morgan fingerprint density at radius 3 is 1.20 bits per heavy atom. The zero-order valence-electron chi connectivity index (χ0n) is 36.8. The first-order valence-corrected chi connectivity index (χ1v) is 22.4. The summed E-state index contributed by atoms with van der Waals surface area (Å²) in [4.78, 5) is 0. The molecule has 2 saturated heterocycles. The van der Waals surface area contributed by atoms with Crippen molar-refractivity contribution in [2.45, 2.75) is 83.5 Å². The molecule has 0 amide bonds. The summed E-state index contributed by atoms with van der Waals surface area (Å²) in [6, 6.07) is 55.5. The van der Waals surface area contributed by atoms with Crippen molar-refractivity contribution in [3.8, 4) is 11.5 Å². The van der Waals surface area contributed by atoms with E-state index in [4.69, 9.17) is 27.8 Å². The van der Waals surface area contributed by atoms with Crippen LogP contribution in [0.2, 0.25) is 0 Å². The first-order valence-electron chi connectivity index (χ1n) is 21.4. The molecule has 0 aliphatic carbocycles. The summed E-state index contributed by atoms with van der Waals surface area (Å²) in [7, 11) is -1.68. The summed E-state index contributed by atoms with van der Waals surface area (Å²) < 4.78 is 38.7. The van der Waals surface area contributed by atoms with Crippen LogP contribution in [0.15, 0.2) is 158 Å². The zero-order chi connectivity index (χ0) is 42.9. The molecule has 0 saturated carbocycles. The molecule has 0 aromatic heterocycles. The maximum absolute atomic E-state index is 6.66. The molecule has 61 heavy (non-hydrogen) atoms. The lowest BCUT2D eigenvalue weighted by atomic mass is 9.73. The average Bonchev–Trinajstić information content (AvgIpc) is 3.29. The van der Waals surface area contributed by atoms with Crippen LogP contribution in [0.25, 0.3) is 0 Å². The molecular weight excluding hydrogens is 776 g/mol. The highest BCUT2D eigenvalue weighted by atomic mass is 31.2. The van der Waals surface area contributed by atoms with E-state index in [9.17, 15) is 0 Å². The molecule has 2 aliphatic heterocycles. The Bertz CT molecular complexity index is 2210. The highest BCUT2D eigenvalue weighted by Gasteiger charge is 2.45. The normalized spacial score (nSPS) is 20.0. The van der Waals surface area contributed by atoms with E-state index >= 15 is 0 Å². The molecule has 2 heterocycles. The van der Waals surface area contributed by atoms with E-state index in [1.54, 1.807) is 0 Å². The molecule has 8 rings (SSSR count). The Morgan fingerprint density at radius 1 is 0.426 bits per heavy atom. The fraction of sp³-hybridized carbons (Fsp3) is 0.333. The van der Waals surface area contributed by atoms with Gasteiger partial charge in [0.2, 0.25) is 0 Å². The maximum Gasteiger partial charge on any atom is 0.397 e. The topological polar surface area (TPSA) is 55.4 Å². The van der Waals surface area contributed by atoms with Crippen molar-refractivity contribution in [1.29, 1.82) is 0 Å². The van der Waals surface area contributed by atoms with Gasteiger partial charge in [0.15, 0.2) is 0 Å². The van der Waals surface area contributed by atoms with Gasteiger partial charge in [-0.25, -0.2) is 0 Å². The number of benzene rings is 6. The second-order valence-corrected chi connectivity index (χ2v) is 19.9. The first kappa shape index (κ1) is 42.9. The molecule has 2 aliphatic rings. The molecule has 0 unspecified atom stereocenters. The van der Waals surface area contributed by atoms with Gasteiger partial charge in [0.25, 0.3) is 0 Å². The quantitative estimate of drug-likeness (QED) is 0.114. The SMILES string of the molecule is CC(C)(c1ccccc1)c1ccc(OC2OCC3(CO2)COP(Oc2ccc(C(C)(C)c4ccccc4)cc2C(C)(C)c2ccccc2)OC3)c(C(C)(C)c2ccccc2)c1. The summed E-state index contributed by atoms with van der Waals surface area (Å²) in [6.45, 7) is 18.6. The van der Waals surface area contributed by atoms with Crippen molar-refractivity contribution >= 4 is 8.60 Å². The monoisotopic (exact) mass is 834 g/mol. The van der Waals surface area contributed by atoms with Crippen LogP contribution in [0, 0.1) is 5.41 Å². The van der Waals surface area contributed by atoms with Gasteiger partial charge in [0, 0.05) is 32.8 Å². The molecule has 6 aromatic carbocycles. The van der Waals surface area contributed by atoms with Gasteiger partial charge in [-0.1, -0.05) is 201 Å². The molecule has 7 heteroatoms. The average molecular weight is 835 g/mol. The third-order valence-corrected chi connectivity index (χ3v) is 14.2. The fourth-order valence-electron chi connectivity index (χ4n) is 8.57. The molecule has 316 valence electrons. The van der Waals surface area contributed by atoms with Gasteiger partial charge >= 0.3 is 15.1 Å². The van der Waals surface area contributed by atoms with Crippen LogP contribution in [0.3, 0.4) is 0 Å². The van der Waals surface area contributed by atoms with E-state index in [0.717, 1.165) is 22.6 Å². The Labute approximate surface area is 364 Å². The zero-order valence-corrected chi connectivity index (χ0v) is 37.7. The van der Waals surface area contributed by atoms with Gasteiger partial charge < -0.3 is 27.8 Å². The Hall–Kier alpha value is -4.81. The van der Waals surface area contributed by atoms with Gasteiger partial charge in [-0.05, 0) is 45.5 Å². The van der Waals surface area contributed by atoms with Crippen molar-refractivity contribution in [3.05, 3.63) is 202 Å². The van der Waals surface area contributed by atoms with E-state index in [2.05, 4.69) is 213 Å². The van der Waals surface area contributed by atoms with Gasteiger partial charge in [0.05, 0.1) is 31.8 Å². The highest BCUT2D eigenvalue weighted by molar-refractivity contribution is 7.42. The molecule has 6 nitrogen and oxygen atoms in total. The summed E-state index contributed by atoms with van der Waals surface area (Å²) >= 11 is 0. The number of ether oxygens (including phenoxy) is 3. The van der Waals surface area contributed by atoms with Crippen LogP contribution < -0.4 is 9.26 Å². The van der Waals surface area contributed by atoms with Crippen molar-refractivity contribution in [2.75, 3.05) is 26.4 Å². The molecular formula is C54H59O6P.